The van der Waals surface area contributed by atoms with Gasteiger partial charge in [-0.3, -0.25) is 9.59 Å². The first-order chi connectivity index (χ1) is 9.65. The average Bonchev–Trinajstić information content (AvgIpc) is 2.64. The van der Waals surface area contributed by atoms with E-state index < -0.39 is 5.91 Å². The fraction of sp³-hybridized carbons (Fsp3) is 0.600. The van der Waals surface area contributed by atoms with Crippen molar-refractivity contribution in [1.29, 1.82) is 0 Å². The monoisotopic (exact) mass is 311 g/mol. The molecule has 6 heteroatoms. The lowest BCUT2D eigenvalue weighted by molar-refractivity contribution is 0.100. The van der Waals surface area contributed by atoms with Crippen molar-refractivity contribution in [2.75, 3.05) is 23.7 Å². The maximum atomic E-state index is 11.8. The van der Waals surface area contributed by atoms with Crippen molar-refractivity contribution in [2.24, 2.45) is 17.6 Å². The Kier molecular flexibility index (Phi) is 5.78. The summed E-state index contributed by atoms with van der Waals surface area (Å²) in [6.45, 7) is 11.5. The number of amides is 1. The highest BCUT2D eigenvalue weighted by atomic mass is 32.1. The van der Waals surface area contributed by atoms with E-state index in [0.717, 1.165) is 13.1 Å². The lowest BCUT2D eigenvalue weighted by Crippen LogP contribution is -2.32. The lowest BCUT2D eigenvalue weighted by Gasteiger charge is -2.27. The van der Waals surface area contributed by atoms with Gasteiger partial charge in [0.1, 0.15) is 5.00 Å². The number of carbonyl (C=O) groups is 2. The summed E-state index contributed by atoms with van der Waals surface area (Å²) in [5, 5.41) is 0.715. The molecule has 0 fully saturated rings. The van der Waals surface area contributed by atoms with Crippen LogP contribution in [0.2, 0.25) is 0 Å². The van der Waals surface area contributed by atoms with E-state index in [1.807, 2.05) is 0 Å². The number of ketones is 1. The summed E-state index contributed by atoms with van der Waals surface area (Å²) < 4.78 is 0. The van der Waals surface area contributed by atoms with Crippen LogP contribution in [0.1, 0.15) is 54.6 Å². The topological polar surface area (TPSA) is 89.4 Å². The van der Waals surface area contributed by atoms with Gasteiger partial charge in [0.15, 0.2) is 5.78 Å². The molecule has 0 saturated carbocycles. The number of hydrogen-bond donors (Lipinski definition) is 2. The van der Waals surface area contributed by atoms with Gasteiger partial charge in [-0.15, -0.1) is 11.3 Å². The molecule has 118 valence electrons. The van der Waals surface area contributed by atoms with Crippen molar-refractivity contribution >= 4 is 33.7 Å². The molecule has 0 aliphatic rings. The molecule has 1 rings (SSSR count). The molecule has 4 N–H and O–H groups in total. The molecule has 0 radical (unpaired) electrons. The predicted octanol–water partition coefficient (Wildman–Crippen LogP) is 2.75. The van der Waals surface area contributed by atoms with Crippen molar-refractivity contribution < 1.29 is 9.59 Å². The zero-order valence-corrected chi connectivity index (χ0v) is 14.2. The third-order valence-corrected chi connectivity index (χ3v) is 4.32. The maximum absolute atomic E-state index is 11.8. The molecule has 0 atom stereocenters. The van der Waals surface area contributed by atoms with Crippen LogP contribution in [0, 0.1) is 11.8 Å². The van der Waals surface area contributed by atoms with E-state index >= 15 is 0 Å². The van der Waals surface area contributed by atoms with Gasteiger partial charge in [0.05, 0.1) is 16.1 Å². The second-order valence-corrected chi connectivity index (χ2v) is 7.14. The highest BCUT2D eigenvalue weighted by Gasteiger charge is 2.26. The van der Waals surface area contributed by atoms with Crippen LogP contribution in [0.5, 0.6) is 0 Å². The fourth-order valence-electron chi connectivity index (χ4n) is 2.28. The van der Waals surface area contributed by atoms with E-state index in [9.17, 15) is 9.59 Å². The van der Waals surface area contributed by atoms with Crippen LogP contribution in [0.4, 0.5) is 10.7 Å². The Balaban J connectivity index is 3.38. The first-order valence-electron chi connectivity index (χ1n) is 7.13. The Morgan fingerprint density at radius 3 is 1.95 bits per heavy atom. The Labute approximate surface area is 130 Å². The molecule has 0 aliphatic carbocycles. The van der Waals surface area contributed by atoms with Crippen LogP contribution in [0.15, 0.2) is 0 Å². The molecule has 1 aromatic rings. The molecule has 1 aromatic heterocycles. The zero-order valence-electron chi connectivity index (χ0n) is 13.4. The summed E-state index contributed by atoms with van der Waals surface area (Å²) in [5.41, 5.74) is 11.9. The second kappa shape index (κ2) is 6.93. The van der Waals surface area contributed by atoms with Gasteiger partial charge >= 0.3 is 0 Å². The van der Waals surface area contributed by atoms with Crippen molar-refractivity contribution in [3.8, 4) is 0 Å². The zero-order chi connectivity index (χ0) is 16.3. The molecule has 0 aliphatic heterocycles. The highest BCUT2D eigenvalue weighted by molar-refractivity contribution is 7.19. The van der Waals surface area contributed by atoms with Gasteiger partial charge in [-0.05, 0) is 11.8 Å². The predicted molar refractivity (Wildman–Crippen MR) is 89.1 cm³/mol. The van der Waals surface area contributed by atoms with E-state index in [0.29, 0.717) is 21.7 Å². The number of hydrogen-bond acceptors (Lipinski definition) is 5. The van der Waals surface area contributed by atoms with Gasteiger partial charge in [0.25, 0.3) is 5.91 Å². The van der Waals surface area contributed by atoms with Crippen LogP contribution in [-0.2, 0) is 0 Å². The minimum Gasteiger partial charge on any atom is -0.397 e. The van der Waals surface area contributed by atoms with Crippen molar-refractivity contribution in [2.45, 2.75) is 34.6 Å². The lowest BCUT2D eigenvalue weighted by atomic mass is 10.1. The van der Waals surface area contributed by atoms with Gasteiger partial charge in [0, 0.05) is 20.0 Å². The Hall–Kier alpha value is -1.56. The molecule has 21 heavy (non-hydrogen) atoms. The minimum atomic E-state index is -0.580. The second-order valence-electron chi connectivity index (χ2n) is 6.14. The maximum Gasteiger partial charge on any atom is 0.253 e. The number of anilines is 2. The average molecular weight is 311 g/mol. The Bertz CT molecular complexity index is 525. The van der Waals surface area contributed by atoms with Crippen molar-refractivity contribution in [3.63, 3.8) is 0 Å². The van der Waals surface area contributed by atoms with E-state index in [4.69, 9.17) is 11.5 Å². The normalized spacial score (nSPS) is 11.2. The number of rotatable bonds is 7. The molecule has 0 saturated heterocycles. The van der Waals surface area contributed by atoms with E-state index in [1.54, 1.807) is 0 Å². The molecule has 0 spiro atoms. The summed E-state index contributed by atoms with van der Waals surface area (Å²) in [7, 11) is 0. The summed E-state index contributed by atoms with van der Waals surface area (Å²) >= 11 is 1.27. The summed E-state index contributed by atoms with van der Waals surface area (Å²) in [4.78, 5) is 26.0. The minimum absolute atomic E-state index is 0.139. The van der Waals surface area contributed by atoms with Gasteiger partial charge in [-0.25, -0.2) is 0 Å². The molecule has 5 nitrogen and oxygen atoms in total. The third-order valence-electron chi connectivity index (χ3n) is 2.95. The number of nitrogen functional groups attached to an aromatic ring is 1. The summed E-state index contributed by atoms with van der Waals surface area (Å²) in [6.07, 6.45) is 0. The van der Waals surface area contributed by atoms with Crippen LogP contribution in [0.3, 0.4) is 0 Å². The molecular formula is C15H25N3O2S. The molecule has 0 aromatic carbocycles. The number of thiophene rings is 1. The largest absolute Gasteiger partial charge is 0.397 e. The summed E-state index contributed by atoms with van der Waals surface area (Å²) in [5.74, 6) is 0.131. The molecule has 1 amide bonds. The Morgan fingerprint density at radius 1 is 1.14 bits per heavy atom. The van der Waals surface area contributed by atoms with Gasteiger partial charge in [0.2, 0.25) is 0 Å². The van der Waals surface area contributed by atoms with Gasteiger partial charge in [-0.1, -0.05) is 27.7 Å². The van der Waals surface area contributed by atoms with Crippen LogP contribution >= 0.6 is 11.3 Å². The first-order valence-corrected chi connectivity index (χ1v) is 7.94. The number of carbonyl (C=O) groups excluding carboxylic acids is 2. The molecule has 1 heterocycles. The van der Waals surface area contributed by atoms with Gasteiger partial charge < -0.3 is 16.4 Å². The number of primary amides is 1. The quantitative estimate of drug-likeness (QED) is 0.758. The number of Topliss-reactive ketones (excluding diaryl/α,β-unsaturated/α-hetero) is 1. The fourth-order valence-corrected chi connectivity index (χ4v) is 3.42. The van der Waals surface area contributed by atoms with Crippen molar-refractivity contribution in [3.05, 3.63) is 10.4 Å². The smallest absolute Gasteiger partial charge is 0.253 e. The first kappa shape index (κ1) is 17.5. The van der Waals surface area contributed by atoms with E-state index in [1.165, 1.54) is 18.3 Å². The standard InChI is InChI=1S/C15H25N3O2S/c1-8(2)6-18(7-9(3)4)15-11(14(17)20)12(16)13(21-15)10(5)19/h8-9H,6-7,16H2,1-5H3,(H2,17,20). The van der Waals surface area contributed by atoms with Crippen LogP contribution in [0.25, 0.3) is 0 Å². The summed E-state index contributed by atoms with van der Waals surface area (Å²) in [6, 6.07) is 0. The molecule has 0 bridgehead atoms. The van der Waals surface area contributed by atoms with Crippen LogP contribution in [-0.4, -0.2) is 24.8 Å². The number of nitrogens with two attached hydrogens (primary N) is 2. The van der Waals surface area contributed by atoms with Crippen molar-refractivity contribution in [1.82, 2.24) is 0 Å². The number of nitrogens with zero attached hydrogens (tertiary/aromatic N) is 1. The van der Waals surface area contributed by atoms with Crippen LogP contribution < -0.4 is 16.4 Å². The molecular weight excluding hydrogens is 286 g/mol. The highest BCUT2D eigenvalue weighted by Crippen LogP contribution is 2.39. The van der Waals surface area contributed by atoms with Gasteiger partial charge in [-0.2, -0.15) is 0 Å². The SMILES string of the molecule is CC(=O)c1sc(N(CC(C)C)CC(C)C)c(C(N)=O)c1N. The Morgan fingerprint density at radius 2 is 1.62 bits per heavy atom. The van der Waals surface area contributed by atoms with E-state index in [-0.39, 0.29) is 17.0 Å². The van der Waals surface area contributed by atoms with E-state index in [2.05, 4.69) is 32.6 Å². The molecule has 0 unspecified atom stereocenters. The third kappa shape index (κ3) is 4.20.